The highest BCUT2D eigenvalue weighted by atomic mass is 35.5. The van der Waals surface area contributed by atoms with Crippen LogP contribution in [0, 0.1) is 6.92 Å². The number of anilines is 1. The second-order valence-corrected chi connectivity index (χ2v) is 5.61. The fraction of sp³-hybridized carbons (Fsp3) is 0.0769. The highest BCUT2D eigenvalue weighted by Gasteiger charge is 2.12. The molecule has 20 heavy (non-hydrogen) atoms. The van der Waals surface area contributed by atoms with Crippen LogP contribution < -0.4 is 5.32 Å². The Labute approximate surface area is 135 Å². The smallest absolute Gasteiger partial charge is 0.257 e. The molecular formula is C13H8Cl4N2O. The van der Waals surface area contributed by atoms with Gasteiger partial charge in [-0.3, -0.25) is 4.79 Å². The van der Waals surface area contributed by atoms with E-state index in [1.165, 1.54) is 12.3 Å². The number of carbonyl (C=O) groups is 1. The van der Waals surface area contributed by atoms with Crippen LogP contribution in [0.5, 0.6) is 0 Å². The molecule has 3 nitrogen and oxygen atoms in total. The highest BCUT2D eigenvalue weighted by molar-refractivity contribution is 6.41. The number of hydrogen-bond donors (Lipinski definition) is 1. The van der Waals surface area contributed by atoms with Gasteiger partial charge in [-0.15, -0.1) is 0 Å². The molecule has 0 fully saturated rings. The van der Waals surface area contributed by atoms with E-state index in [0.717, 1.165) is 5.56 Å². The highest BCUT2D eigenvalue weighted by Crippen LogP contribution is 2.29. The third-order valence-electron chi connectivity index (χ3n) is 2.55. The molecule has 104 valence electrons. The Hall–Kier alpha value is -1.000. The molecule has 0 aliphatic rings. The topological polar surface area (TPSA) is 42.0 Å². The Balaban J connectivity index is 2.27. The molecule has 1 N–H and O–H groups in total. The molecule has 1 aromatic heterocycles. The minimum absolute atomic E-state index is 0.139. The lowest BCUT2D eigenvalue weighted by atomic mass is 10.2. The molecule has 1 aromatic carbocycles. The van der Waals surface area contributed by atoms with Crippen LogP contribution in [0.1, 0.15) is 15.9 Å². The van der Waals surface area contributed by atoms with Crippen molar-refractivity contribution in [3.05, 3.63) is 55.7 Å². The average Bonchev–Trinajstić information content (AvgIpc) is 2.39. The van der Waals surface area contributed by atoms with E-state index in [1.807, 2.05) is 6.92 Å². The Kier molecular flexibility index (Phi) is 4.76. The van der Waals surface area contributed by atoms with Crippen LogP contribution in [0.25, 0.3) is 0 Å². The van der Waals surface area contributed by atoms with Gasteiger partial charge in [-0.25, -0.2) is 4.98 Å². The van der Waals surface area contributed by atoms with E-state index in [9.17, 15) is 4.79 Å². The monoisotopic (exact) mass is 348 g/mol. The van der Waals surface area contributed by atoms with Crippen molar-refractivity contribution in [2.24, 2.45) is 0 Å². The van der Waals surface area contributed by atoms with Crippen LogP contribution >= 0.6 is 46.4 Å². The molecule has 0 bridgehead atoms. The molecule has 2 aromatic rings. The van der Waals surface area contributed by atoms with Gasteiger partial charge in [0.2, 0.25) is 0 Å². The van der Waals surface area contributed by atoms with Gasteiger partial charge in [0.15, 0.2) is 0 Å². The molecule has 0 radical (unpaired) electrons. The number of nitrogens with zero attached hydrogens (tertiary/aromatic N) is 1. The summed E-state index contributed by atoms with van der Waals surface area (Å²) in [5.74, 6) is -0.405. The third kappa shape index (κ3) is 3.36. The van der Waals surface area contributed by atoms with Crippen LogP contribution in [0.15, 0.2) is 24.4 Å². The van der Waals surface area contributed by atoms with Gasteiger partial charge in [0.1, 0.15) is 5.15 Å². The number of halogens is 4. The van der Waals surface area contributed by atoms with Gasteiger partial charge in [0, 0.05) is 11.2 Å². The van der Waals surface area contributed by atoms with Gasteiger partial charge >= 0.3 is 0 Å². The van der Waals surface area contributed by atoms with Crippen LogP contribution in [-0.4, -0.2) is 10.9 Å². The van der Waals surface area contributed by atoms with E-state index >= 15 is 0 Å². The molecule has 7 heteroatoms. The fourth-order valence-corrected chi connectivity index (χ4v) is 2.18. The minimum atomic E-state index is -0.405. The van der Waals surface area contributed by atoms with Crippen molar-refractivity contribution in [1.82, 2.24) is 4.98 Å². The summed E-state index contributed by atoms with van der Waals surface area (Å²) in [6.45, 7) is 1.82. The molecule has 0 unspecified atom stereocenters. The maximum Gasteiger partial charge on any atom is 0.257 e. The van der Waals surface area contributed by atoms with Crippen molar-refractivity contribution in [3.8, 4) is 0 Å². The summed E-state index contributed by atoms with van der Waals surface area (Å²) in [5.41, 5.74) is 1.51. The lowest BCUT2D eigenvalue weighted by molar-refractivity contribution is 0.102. The third-order valence-corrected chi connectivity index (χ3v) is 3.96. The Morgan fingerprint density at radius 1 is 1.05 bits per heavy atom. The maximum atomic E-state index is 12.1. The van der Waals surface area contributed by atoms with Crippen LogP contribution in [0.3, 0.4) is 0 Å². The molecule has 1 amide bonds. The first-order chi connectivity index (χ1) is 9.38. The summed E-state index contributed by atoms with van der Waals surface area (Å²) >= 11 is 23.6. The quantitative estimate of drug-likeness (QED) is 0.751. The molecule has 0 spiro atoms. The lowest BCUT2D eigenvalue weighted by Gasteiger charge is -2.09. The Morgan fingerprint density at radius 2 is 1.75 bits per heavy atom. The molecular weight excluding hydrogens is 342 g/mol. The fourth-order valence-electron chi connectivity index (χ4n) is 1.48. The normalized spacial score (nSPS) is 10.4. The summed E-state index contributed by atoms with van der Waals surface area (Å²) < 4.78 is 0. The molecule has 0 aliphatic heterocycles. The molecule has 2 rings (SSSR count). The zero-order valence-electron chi connectivity index (χ0n) is 10.2. The van der Waals surface area contributed by atoms with E-state index in [0.29, 0.717) is 15.7 Å². The second kappa shape index (κ2) is 6.19. The summed E-state index contributed by atoms with van der Waals surface area (Å²) in [4.78, 5) is 15.9. The molecule has 0 aliphatic carbocycles. The van der Waals surface area contributed by atoms with E-state index in [4.69, 9.17) is 46.4 Å². The molecule has 1 heterocycles. The molecule has 0 saturated heterocycles. The maximum absolute atomic E-state index is 12.1. The van der Waals surface area contributed by atoms with Gasteiger partial charge in [-0.05, 0) is 30.7 Å². The number of amides is 1. The summed E-state index contributed by atoms with van der Waals surface area (Å²) in [5, 5.41) is 3.89. The lowest BCUT2D eigenvalue weighted by Crippen LogP contribution is -2.12. The number of nitrogens with one attached hydrogen (secondary N) is 1. The van der Waals surface area contributed by atoms with Crippen molar-refractivity contribution in [3.63, 3.8) is 0 Å². The van der Waals surface area contributed by atoms with Gasteiger partial charge < -0.3 is 5.32 Å². The van der Waals surface area contributed by atoms with Crippen molar-refractivity contribution in [2.75, 3.05) is 5.32 Å². The number of carbonyl (C=O) groups excluding carboxylic acids is 1. The number of aryl methyl sites for hydroxylation is 1. The van der Waals surface area contributed by atoms with Crippen molar-refractivity contribution in [1.29, 1.82) is 0 Å². The van der Waals surface area contributed by atoms with Crippen LogP contribution in [0.2, 0.25) is 20.2 Å². The average molecular weight is 350 g/mol. The van der Waals surface area contributed by atoms with Gasteiger partial charge in [0.05, 0.1) is 21.3 Å². The van der Waals surface area contributed by atoms with Gasteiger partial charge in [-0.1, -0.05) is 46.4 Å². The standard InChI is InChI=1S/C13H8Cl4N2O/c1-6-2-9(15)11(4-8(6)14)19-13(20)7-3-10(16)12(17)18-5-7/h2-5H,1H3,(H,19,20). The number of aromatic nitrogens is 1. The first-order valence-corrected chi connectivity index (χ1v) is 6.97. The largest absolute Gasteiger partial charge is 0.321 e. The van der Waals surface area contributed by atoms with Crippen molar-refractivity contribution >= 4 is 58.0 Å². The van der Waals surface area contributed by atoms with Crippen LogP contribution in [-0.2, 0) is 0 Å². The SMILES string of the molecule is Cc1cc(Cl)c(NC(=O)c2cnc(Cl)c(Cl)c2)cc1Cl. The zero-order valence-corrected chi connectivity index (χ0v) is 13.2. The van der Waals surface area contributed by atoms with E-state index in [-0.39, 0.29) is 15.7 Å². The van der Waals surface area contributed by atoms with E-state index < -0.39 is 5.91 Å². The number of pyridine rings is 1. The van der Waals surface area contributed by atoms with Gasteiger partial charge in [-0.2, -0.15) is 0 Å². The van der Waals surface area contributed by atoms with Crippen LogP contribution in [0.4, 0.5) is 5.69 Å². The zero-order chi connectivity index (χ0) is 14.9. The Morgan fingerprint density at radius 3 is 2.40 bits per heavy atom. The van der Waals surface area contributed by atoms with E-state index in [2.05, 4.69) is 10.3 Å². The predicted molar refractivity (Wildman–Crippen MR) is 83.4 cm³/mol. The Bertz CT molecular complexity index is 688. The molecule has 0 atom stereocenters. The minimum Gasteiger partial charge on any atom is -0.321 e. The summed E-state index contributed by atoms with van der Waals surface area (Å²) in [6, 6.07) is 4.69. The number of hydrogen-bond acceptors (Lipinski definition) is 2. The molecule has 0 saturated carbocycles. The van der Waals surface area contributed by atoms with Crippen molar-refractivity contribution in [2.45, 2.75) is 6.92 Å². The van der Waals surface area contributed by atoms with E-state index in [1.54, 1.807) is 12.1 Å². The number of rotatable bonds is 2. The van der Waals surface area contributed by atoms with Gasteiger partial charge in [0.25, 0.3) is 5.91 Å². The first-order valence-electron chi connectivity index (χ1n) is 5.46. The van der Waals surface area contributed by atoms with Crippen molar-refractivity contribution < 1.29 is 4.79 Å². The summed E-state index contributed by atoms with van der Waals surface area (Å²) in [7, 11) is 0. The number of benzene rings is 1. The second-order valence-electron chi connectivity index (χ2n) is 4.03. The first kappa shape index (κ1) is 15.4. The summed E-state index contributed by atoms with van der Waals surface area (Å²) in [6.07, 6.45) is 1.33. The predicted octanol–water partition coefficient (Wildman–Crippen LogP) is 5.26.